The lowest BCUT2D eigenvalue weighted by molar-refractivity contribution is -0.138. The maximum absolute atomic E-state index is 13.1. The van der Waals surface area contributed by atoms with Crippen molar-refractivity contribution < 1.29 is 17.6 Å². The molecule has 1 saturated carbocycles. The van der Waals surface area contributed by atoms with Gasteiger partial charge in [0, 0.05) is 32.1 Å². The van der Waals surface area contributed by atoms with Crippen LogP contribution in [0.25, 0.3) is 0 Å². The zero-order valence-electron chi connectivity index (χ0n) is 16.1. The summed E-state index contributed by atoms with van der Waals surface area (Å²) in [6.45, 7) is 2.91. The molecule has 1 aliphatic heterocycles. The van der Waals surface area contributed by atoms with Crippen LogP contribution in [0.2, 0.25) is 0 Å². The van der Waals surface area contributed by atoms with Crippen molar-refractivity contribution in [1.29, 1.82) is 0 Å². The molecule has 3 rings (SSSR count). The highest BCUT2D eigenvalue weighted by Gasteiger charge is 2.35. The molecule has 0 aromatic heterocycles. The van der Waals surface area contributed by atoms with E-state index in [0.717, 1.165) is 43.7 Å². The van der Waals surface area contributed by atoms with Gasteiger partial charge in [-0.05, 0) is 68.7 Å². The van der Waals surface area contributed by atoms with Gasteiger partial charge >= 0.3 is 0 Å². The second-order valence-corrected chi connectivity index (χ2v) is 9.93. The Labute approximate surface area is 161 Å². The predicted molar refractivity (Wildman–Crippen MR) is 102 cm³/mol. The standard InChI is InChI=1S/C20H29FN2O3S/c1-15-3-7-18(8-4-15)22(2)20(24)16-11-13-23(14-12-16)27(25,26)19-9-5-17(21)6-10-19/h5-6,9-10,15-16,18H,3-4,7-8,11-14H2,1-2H3. The molecule has 1 aromatic carbocycles. The Bertz CT molecular complexity index is 750. The molecule has 0 radical (unpaired) electrons. The molecule has 2 fully saturated rings. The van der Waals surface area contributed by atoms with Crippen LogP contribution >= 0.6 is 0 Å². The van der Waals surface area contributed by atoms with Crippen molar-refractivity contribution in [2.45, 2.75) is 56.4 Å². The van der Waals surface area contributed by atoms with Gasteiger partial charge in [-0.3, -0.25) is 4.79 Å². The van der Waals surface area contributed by atoms with Gasteiger partial charge in [-0.2, -0.15) is 4.31 Å². The quantitative estimate of drug-likeness (QED) is 0.785. The van der Waals surface area contributed by atoms with E-state index in [2.05, 4.69) is 6.92 Å². The summed E-state index contributed by atoms with van der Waals surface area (Å²) in [6, 6.07) is 5.21. The average Bonchev–Trinajstić information content (AvgIpc) is 2.68. The maximum Gasteiger partial charge on any atom is 0.243 e. The first-order valence-corrected chi connectivity index (χ1v) is 11.3. The SMILES string of the molecule is CC1CCC(N(C)C(=O)C2CCN(S(=O)(=O)c3ccc(F)cc3)CC2)CC1. The minimum Gasteiger partial charge on any atom is -0.343 e. The van der Waals surface area contributed by atoms with Crippen LogP contribution in [0.5, 0.6) is 0 Å². The van der Waals surface area contributed by atoms with E-state index in [1.807, 2.05) is 11.9 Å². The molecule has 0 bridgehead atoms. The average molecular weight is 397 g/mol. The topological polar surface area (TPSA) is 57.7 Å². The van der Waals surface area contributed by atoms with Gasteiger partial charge in [0.2, 0.25) is 15.9 Å². The number of sulfonamides is 1. The third kappa shape index (κ3) is 4.51. The lowest BCUT2D eigenvalue weighted by Crippen LogP contribution is -2.46. The Morgan fingerprint density at radius 2 is 1.59 bits per heavy atom. The van der Waals surface area contributed by atoms with Gasteiger partial charge in [-0.1, -0.05) is 6.92 Å². The monoisotopic (exact) mass is 396 g/mol. The molecule has 27 heavy (non-hydrogen) atoms. The Morgan fingerprint density at radius 1 is 1.04 bits per heavy atom. The van der Waals surface area contributed by atoms with Crippen molar-refractivity contribution >= 4 is 15.9 Å². The summed E-state index contributed by atoms with van der Waals surface area (Å²) in [5, 5.41) is 0. The number of benzene rings is 1. The zero-order chi connectivity index (χ0) is 19.6. The summed E-state index contributed by atoms with van der Waals surface area (Å²) < 4.78 is 39.9. The van der Waals surface area contributed by atoms with E-state index in [-0.39, 0.29) is 16.7 Å². The fourth-order valence-electron chi connectivity index (χ4n) is 4.20. The number of nitrogens with zero attached hydrogens (tertiary/aromatic N) is 2. The van der Waals surface area contributed by atoms with Crippen LogP contribution in [0.3, 0.4) is 0 Å². The molecular weight excluding hydrogens is 367 g/mol. The summed E-state index contributed by atoms with van der Waals surface area (Å²) in [5.74, 6) is 0.311. The number of rotatable bonds is 4. The van der Waals surface area contributed by atoms with Crippen molar-refractivity contribution in [1.82, 2.24) is 9.21 Å². The van der Waals surface area contributed by atoms with Crippen molar-refractivity contribution in [2.75, 3.05) is 20.1 Å². The highest BCUT2D eigenvalue weighted by atomic mass is 32.2. The lowest BCUT2D eigenvalue weighted by Gasteiger charge is -2.37. The van der Waals surface area contributed by atoms with E-state index in [1.54, 1.807) is 0 Å². The molecule has 150 valence electrons. The molecule has 2 aliphatic rings. The number of piperidine rings is 1. The van der Waals surface area contributed by atoms with E-state index in [1.165, 1.54) is 16.4 Å². The second-order valence-electron chi connectivity index (χ2n) is 8.00. The van der Waals surface area contributed by atoms with Gasteiger partial charge in [-0.15, -0.1) is 0 Å². The van der Waals surface area contributed by atoms with Gasteiger partial charge in [0.1, 0.15) is 5.82 Å². The van der Waals surface area contributed by atoms with E-state index in [0.29, 0.717) is 32.0 Å². The van der Waals surface area contributed by atoms with Crippen LogP contribution in [-0.4, -0.2) is 49.7 Å². The zero-order valence-corrected chi connectivity index (χ0v) is 16.9. The molecule has 0 atom stereocenters. The van der Waals surface area contributed by atoms with Gasteiger partial charge in [0.15, 0.2) is 0 Å². The van der Waals surface area contributed by atoms with Crippen molar-refractivity contribution in [3.05, 3.63) is 30.1 Å². The second kappa shape index (κ2) is 8.27. The summed E-state index contributed by atoms with van der Waals surface area (Å²) in [5.41, 5.74) is 0. The lowest BCUT2D eigenvalue weighted by atomic mass is 9.86. The summed E-state index contributed by atoms with van der Waals surface area (Å²) in [6.07, 6.45) is 5.51. The third-order valence-corrected chi connectivity index (χ3v) is 8.05. The van der Waals surface area contributed by atoms with Gasteiger partial charge in [-0.25, -0.2) is 12.8 Å². The summed E-state index contributed by atoms with van der Waals surface area (Å²) >= 11 is 0. The fourth-order valence-corrected chi connectivity index (χ4v) is 5.67. The Morgan fingerprint density at radius 3 is 2.15 bits per heavy atom. The Balaban J connectivity index is 1.58. The van der Waals surface area contributed by atoms with Gasteiger partial charge < -0.3 is 4.90 Å². The minimum atomic E-state index is -3.63. The number of carbonyl (C=O) groups is 1. The van der Waals surface area contributed by atoms with Crippen LogP contribution < -0.4 is 0 Å². The molecule has 1 aliphatic carbocycles. The molecule has 7 heteroatoms. The maximum atomic E-state index is 13.1. The van der Waals surface area contributed by atoms with Crippen LogP contribution in [0, 0.1) is 17.7 Å². The third-order valence-electron chi connectivity index (χ3n) is 6.14. The molecule has 1 heterocycles. The van der Waals surface area contributed by atoms with Gasteiger partial charge in [0.25, 0.3) is 0 Å². The molecule has 0 N–H and O–H groups in total. The number of halogens is 1. The number of hydrogen-bond donors (Lipinski definition) is 0. The Kier molecular flexibility index (Phi) is 6.21. The molecule has 1 aromatic rings. The van der Waals surface area contributed by atoms with E-state index in [9.17, 15) is 17.6 Å². The van der Waals surface area contributed by atoms with Crippen molar-refractivity contribution in [2.24, 2.45) is 11.8 Å². The van der Waals surface area contributed by atoms with E-state index in [4.69, 9.17) is 0 Å². The number of hydrogen-bond acceptors (Lipinski definition) is 3. The van der Waals surface area contributed by atoms with Crippen LogP contribution in [-0.2, 0) is 14.8 Å². The van der Waals surface area contributed by atoms with E-state index >= 15 is 0 Å². The first-order chi connectivity index (χ1) is 12.8. The molecule has 0 spiro atoms. The van der Waals surface area contributed by atoms with Gasteiger partial charge in [0.05, 0.1) is 4.90 Å². The summed E-state index contributed by atoms with van der Waals surface area (Å²) in [7, 11) is -1.74. The van der Waals surface area contributed by atoms with Crippen molar-refractivity contribution in [3.63, 3.8) is 0 Å². The first kappa shape index (κ1) is 20.3. The number of amides is 1. The van der Waals surface area contributed by atoms with Crippen molar-refractivity contribution in [3.8, 4) is 0 Å². The summed E-state index contributed by atoms with van der Waals surface area (Å²) in [4.78, 5) is 14.9. The normalized spacial score (nSPS) is 25.3. The highest BCUT2D eigenvalue weighted by Crippen LogP contribution is 2.30. The highest BCUT2D eigenvalue weighted by molar-refractivity contribution is 7.89. The fraction of sp³-hybridized carbons (Fsp3) is 0.650. The van der Waals surface area contributed by atoms with Crippen LogP contribution in [0.1, 0.15) is 45.4 Å². The minimum absolute atomic E-state index is 0.0992. The largest absolute Gasteiger partial charge is 0.343 e. The Hall–Kier alpha value is -1.47. The first-order valence-electron chi connectivity index (χ1n) is 9.81. The molecule has 1 saturated heterocycles. The van der Waals surface area contributed by atoms with Crippen LogP contribution in [0.4, 0.5) is 4.39 Å². The number of carbonyl (C=O) groups excluding carboxylic acids is 1. The smallest absolute Gasteiger partial charge is 0.243 e. The predicted octanol–water partition coefficient (Wildman–Crippen LogP) is 3.26. The molecule has 5 nitrogen and oxygen atoms in total. The molecule has 0 unspecified atom stereocenters. The van der Waals surface area contributed by atoms with Crippen LogP contribution in [0.15, 0.2) is 29.2 Å². The van der Waals surface area contributed by atoms with E-state index < -0.39 is 15.8 Å². The molecule has 1 amide bonds. The molecular formula is C20H29FN2O3S.